The van der Waals surface area contributed by atoms with Gasteiger partial charge in [-0.1, -0.05) is 23.7 Å². The Bertz CT molecular complexity index is 789. The second kappa shape index (κ2) is 3.83. The van der Waals surface area contributed by atoms with Crippen LogP contribution < -0.4 is 5.43 Å². The molecule has 1 nitrogen and oxygen atoms in total. The number of benzene rings is 2. The molecule has 0 fully saturated rings. The monoisotopic (exact) mass is 260 g/mol. The van der Waals surface area contributed by atoms with E-state index in [0.717, 1.165) is 25.7 Å². The van der Waals surface area contributed by atoms with Gasteiger partial charge < -0.3 is 0 Å². The lowest BCUT2D eigenvalue weighted by atomic mass is 10.1. The molecule has 84 valence electrons. The molecule has 0 aliphatic heterocycles. The molecule has 0 saturated carbocycles. The van der Waals surface area contributed by atoms with Gasteiger partial charge in [-0.15, -0.1) is 11.3 Å². The SMILES string of the molecule is Cc1cc(Cl)cc2c(=O)c3ccccc3sc12. The van der Waals surface area contributed by atoms with Crippen LogP contribution in [0.3, 0.4) is 0 Å². The van der Waals surface area contributed by atoms with E-state index < -0.39 is 0 Å². The fourth-order valence-corrected chi connectivity index (χ4v) is 3.42. The molecule has 0 aliphatic rings. The molecule has 0 saturated heterocycles. The molecule has 3 rings (SSSR count). The zero-order valence-corrected chi connectivity index (χ0v) is 10.7. The molecule has 2 aromatic carbocycles. The van der Waals surface area contributed by atoms with Gasteiger partial charge in [0, 0.05) is 25.2 Å². The molecule has 0 bridgehead atoms. The minimum Gasteiger partial charge on any atom is -0.289 e. The van der Waals surface area contributed by atoms with Crippen molar-refractivity contribution in [3.05, 3.63) is 57.2 Å². The molecular formula is C14H9ClOS. The zero-order chi connectivity index (χ0) is 12.0. The molecule has 1 heterocycles. The first-order chi connectivity index (χ1) is 8.16. The molecule has 1 aromatic heterocycles. The lowest BCUT2D eigenvalue weighted by Gasteiger charge is -2.04. The first kappa shape index (κ1) is 10.8. The first-order valence-electron chi connectivity index (χ1n) is 5.28. The Balaban J connectivity index is 2.64. The molecule has 0 atom stereocenters. The Hall–Kier alpha value is -1.38. The Morgan fingerprint density at radius 3 is 2.71 bits per heavy atom. The van der Waals surface area contributed by atoms with E-state index in [4.69, 9.17) is 11.6 Å². The molecule has 0 amide bonds. The standard InChI is InChI=1S/C14H9ClOS/c1-8-6-9(15)7-11-13(16)10-4-2-3-5-12(10)17-14(8)11/h2-7H,1H3. The van der Waals surface area contributed by atoms with Crippen LogP contribution in [0.2, 0.25) is 5.02 Å². The van der Waals surface area contributed by atoms with Crippen LogP contribution in [0.5, 0.6) is 0 Å². The Morgan fingerprint density at radius 1 is 1.12 bits per heavy atom. The minimum atomic E-state index is 0.0694. The maximum Gasteiger partial charge on any atom is 0.195 e. The van der Waals surface area contributed by atoms with Crippen molar-refractivity contribution in [1.82, 2.24) is 0 Å². The largest absolute Gasteiger partial charge is 0.289 e. The van der Waals surface area contributed by atoms with Gasteiger partial charge in [-0.05, 0) is 36.8 Å². The van der Waals surface area contributed by atoms with Crippen LogP contribution in [0.15, 0.2) is 41.2 Å². The third-order valence-corrected chi connectivity index (χ3v) is 4.37. The predicted molar refractivity (Wildman–Crippen MR) is 75.3 cm³/mol. The van der Waals surface area contributed by atoms with Crippen molar-refractivity contribution >= 4 is 43.1 Å². The number of rotatable bonds is 0. The highest BCUT2D eigenvalue weighted by atomic mass is 35.5. The van der Waals surface area contributed by atoms with E-state index in [1.807, 2.05) is 37.3 Å². The summed E-state index contributed by atoms with van der Waals surface area (Å²) in [4.78, 5) is 12.3. The summed E-state index contributed by atoms with van der Waals surface area (Å²) in [6, 6.07) is 11.3. The summed E-state index contributed by atoms with van der Waals surface area (Å²) in [7, 11) is 0. The summed E-state index contributed by atoms with van der Waals surface area (Å²) in [6.07, 6.45) is 0. The number of fused-ring (bicyclic) bond motifs is 2. The maximum atomic E-state index is 12.3. The quantitative estimate of drug-likeness (QED) is 0.549. The van der Waals surface area contributed by atoms with E-state index in [1.165, 1.54) is 0 Å². The predicted octanol–water partition coefficient (Wildman–Crippen LogP) is 4.38. The van der Waals surface area contributed by atoms with Gasteiger partial charge in [0.15, 0.2) is 5.43 Å². The van der Waals surface area contributed by atoms with E-state index >= 15 is 0 Å². The van der Waals surface area contributed by atoms with Gasteiger partial charge in [-0.25, -0.2) is 0 Å². The number of aryl methyl sites for hydroxylation is 1. The number of hydrogen-bond donors (Lipinski definition) is 0. The van der Waals surface area contributed by atoms with Crippen LogP contribution in [-0.2, 0) is 0 Å². The van der Waals surface area contributed by atoms with Crippen molar-refractivity contribution in [2.24, 2.45) is 0 Å². The highest BCUT2D eigenvalue weighted by Gasteiger charge is 2.08. The van der Waals surface area contributed by atoms with E-state index in [0.29, 0.717) is 5.02 Å². The Labute approximate surface area is 107 Å². The molecule has 0 unspecified atom stereocenters. The topological polar surface area (TPSA) is 17.1 Å². The fraction of sp³-hybridized carbons (Fsp3) is 0.0714. The zero-order valence-electron chi connectivity index (χ0n) is 9.16. The minimum absolute atomic E-state index is 0.0694. The number of halogens is 1. The van der Waals surface area contributed by atoms with Crippen molar-refractivity contribution in [1.29, 1.82) is 0 Å². The van der Waals surface area contributed by atoms with E-state index in [-0.39, 0.29) is 5.43 Å². The van der Waals surface area contributed by atoms with Crippen molar-refractivity contribution in [2.75, 3.05) is 0 Å². The van der Waals surface area contributed by atoms with Gasteiger partial charge in [0.05, 0.1) is 0 Å². The third-order valence-electron chi connectivity index (χ3n) is 2.83. The van der Waals surface area contributed by atoms with E-state index in [2.05, 4.69) is 0 Å². The fourth-order valence-electron chi connectivity index (χ4n) is 2.03. The summed E-state index contributed by atoms with van der Waals surface area (Å²) in [5.41, 5.74) is 1.13. The Kier molecular flexibility index (Phi) is 2.42. The molecule has 3 aromatic rings. The lowest BCUT2D eigenvalue weighted by Crippen LogP contribution is -2.01. The van der Waals surface area contributed by atoms with Crippen LogP contribution in [0.25, 0.3) is 20.2 Å². The normalized spacial score (nSPS) is 11.2. The molecule has 0 N–H and O–H groups in total. The second-order valence-corrected chi connectivity index (χ2v) is 5.52. The van der Waals surface area contributed by atoms with Crippen LogP contribution in [-0.4, -0.2) is 0 Å². The molecule has 17 heavy (non-hydrogen) atoms. The number of hydrogen-bond acceptors (Lipinski definition) is 2. The average Bonchev–Trinajstić information content (AvgIpc) is 2.31. The van der Waals surface area contributed by atoms with Crippen molar-refractivity contribution in [3.63, 3.8) is 0 Å². The highest BCUT2D eigenvalue weighted by molar-refractivity contribution is 7.24. The van der Waals surface area contributed by atoms with E-state index in [9.17, 15) is 4.79 Å². The lowest BCUT2D eigenvalue weighted by molar-refractivity contribution is 1.55. The van der Waals surface area contributed by atoms with Crippen molar-refractivity contribution < 1.29 is 0 Å². The summed E-state index contributed by atoms with van der Waals surface area (Å²) in [5.74, 6) is 0. The smallest absolute Gasteiger partial charge is 0.195 e. The van der Waals surface area contributed by atoms with Crippen LogP contribution >= 0.6 is 22.9 Å². The van der Waals surface area contributed by atoms with Gasteiger partial charge in [0.1, 0.15) is 0 Å². The summed E-state index contributed by atoms with van der Waals surface area (Å²) in [6.45, 7) is 1.99. The molecule has 0 radical (unpaired) electrons. The molecule has 3 heteroatoms. The third kappa shape index (κ3) is 1.65. The van der Waals surface area contributed by atoms with E-state index in [1.54, 1.807) is 17.4 Å². The molecule has 0 aliphatic carbocycles. The maximum absolute atomic E-state index is 12.3. The Morgan fingerprint density at radius 2 is 1.88 bits per heavy atom. The van der Waals surface area contributed by atoms with Gasteiger partial charge in [-0.3, -0.25) is 4.79 Å². The summed E-state index contributed by atoms with van der Waals surface area (Å²) in [5, 5.41) is 2.11. The molecular weight excluding hydrogens is 252 g/mol. The second-order valence-electron chi connectivity index (χ2n) is 4.03. The highest BCUT2D eigenvalue weighted by Crippen LogP contribution is 2.29. The van der Waals surface area contributed by atoms with Crippen molar-refractivity contribution in [2.45, 2.75) is 6.92 Å². The van der Waals surface area contributed by atoms with Gasteiger partial charge in [-0.2, -0.15) is 0 Å². The van der Waals surface area contributed by atoms with Gasteiger partial charge >= 0.3 is 0 Å². The molecule has 0 spiro atoms. The van der Waals surface area contributed by atoms with Gasteiger partial charge in [0.2, 0.25) is 0 Å². The summed E-state index contributed by atoms with van der Waals surface area (Å²) < 4.78 is 2.05. The van der Waals surface area contributed by atoms with Gasteiger partial charge in [0.25, 0.3) is 0 Å². The average molecular weight is 261 g/mol. The van der Waals surface area contributed by atoms with Crippen molar-refractivity contribution in [3.8, 4) is 0 Å². The van der Waals surface area contributed by atoms with Crippen LogP contribution in [0.1, 0.15) is 5.56 Å². The van der Waals surface area contributed by atoms with Crippen LogP contribution in [0.4, 0.5) is 0 Å². The first-order valence-corrected chi connectivity index (χ1v) is 6.48. The van der Waals surface area contributed by atoms with Crippen LogP contribution in [0, 0.1) is 6.92 Å². The summed E-state index contributed by atoms with van der Waals surface area (Å²) >= 11 is 7.65.